The number of aromatic nitrogens is 1. The molecule has 5 nitrogen and oxygen atoms in total. The molecule has 2 aromatic rings. The van der Waals surface area contributed by atoms with Gasteiger partial charge in [0, 0.05) is 17.8 Å². The van der Waals surface area contributed by atoms with Crippen molar-refractivity contribution >= 4 is 29.3 Å². The van der Waals surface area contributed by atoms with Gasteiger partial charge in [-0.25, -0.2) is 13.8 Å². The van der Waals surface area contributed by atoms with Gasteiger partial charge in [-0.05, 0) is 24.3 Å². The molecule has 1 aromatic carbocycles. The molecule has 0 aliphatic heterocycles. The van der Waals surface area contributed by atoms with Gasteiger partial charge >= 0.3 is 51.4 Å². The summed E-state index contributed by atoms with van der Waals surface area (Å²) < 4.78 is 26.4. The average molecular weight is 362 g/mol. The number of hydrogen-bond donors (Lipinski definition) is 1. The van der Waals surface area contributed by atoms with Gasteiger partial charge in [0.1, 0.15) is 16.7 Å². The van der Waals surface area contributed by atoms with E-state index in [1.807, 2.05) is 0 Å². The number of carboxylic acid groups (broad SMARTS) is 1. The first kappa shape index (κ1) is 20.2. The number of carbonyl (C=O) groups excluding carboxylic acids is 2. The third kappa shape index (κ3) is 5.94. The van der Waals surface area contributed by atoms with Crippen molar-refractivity contribution in [1.82, 2.24) is 4.98 Å². The summed E-state index contributed by atoms with van der Waals surface area (Å²) in [4.78, 5) is 26.4. The minimum absolute atomic E-state index is 0. The monoisotopic (exact) mass is 362 g/mol. The summed E-state index contributed by atoms with van der Waals surface area (Å²) in [6, 6.07) is 5.41. The summed E-state index contributed by atoms with van der Waals surface area (Å²) in [7, 11) is 0. The Labute approximate surface area is 177 Å². The zero-order chi connectivity index (χ0) is 16.1. The quantitative estimate of drug-likeness (QED) is 0.515. The molecular formula is C14H9F2KN2O3S. The Morgan fingerprint density at radius 2 is 2.00 bits per heavy atom. The first-order chi connectivity index (χ1) is 10.5. The number of benzene rings is 1. The maximum Gasteiger partial charge on any atom is 1.00 e. The van der Waals surface area contributed by atoms with Crippen LogP contribution in [0.25, 0.3) is 0 Å². The van der Waals surface area contributed by atoms with Crippen LogP contribution in [0.2, 0.25) is 0 Å². The second-order valence-corrected chi connectivity index (χ2v) is 5.07. The first-order valence-corrected chi connectivity index (χ1v) is 7.00. The molecule has 2 rings (SSSR count). The van der Waals surface area contributed by atoms with E-state index in [0.29, 0.717) is 0 Å². The van der Waals surface area contributed by atoms with Crippen LogP contribution < -0.4 is 61.8 Å². The number of amides is 1. The number of halogens is 2. The van der Waals surface area contributed by atoms with Gasteiger partial charge in [-0.1, -0.05) is 11.8 Å². The molecule has 0 spiro atoms. The van der Waals surface area contributed by atoms with Crippen molar-refractivity contribution < 1.29 is 74.9 Å². The molecule has 1 N–H and O–H groups in total. The van der Waals surface area contributed by atoms with Crippen molar-refractivity contribution in [2.75, 3.05) is 11.1 Å². The molecule has 0 aliphatic carbocycles. The molecular weight excluding hydrogens is 353 g/mol. The smallest absolute Gasteiger partial charge is 0.545 e. The summed E-state index contributed by atoms with van der Waals surface area (Å²) in [5.41, 5.74) is -0.427. The number of rotatable bonds is 5. The molecule has 0 saturated heterocycles. The van der Waals surface area contributed by atoms with Crippen molar-refractivity contribution in [1.29, 1.82) is 0 Å². The van der Waals surface area contributed by atoms with E-state index in [2.05, 4.69) is 10.3 Å². The van der Waals surface area contributed by atoms with E-state index in [4.69, 9.17) is 0 Å². The summed E-state index contributed by atoms with van der Waals surface area (Å²) in [6.07, 6.45) is 1.37. The number of anilines is 1. The van der Waals surface area contributed by atoms with Gasteiger partial charge in [-0.3, -0.25) is 4.79 Å². The summed E-state index contributed by atoms with van der Waals surface area (Å²) >= 11 is 0.853. The Morgan fingerprint density at radius 3 is 2.70 bits per heavy atom. The first-order valence-electron chi connectivity index (χ1n) is 6.01. The minimum Gasteiger partial charge on any atom is -0.545 e. The van der Waals surface area contributed by atoms with Crippen LogP contribution in [0.15, 0.2) is 41.6 Å². The van der Waals surface area contributed by atoms with Gasteiger partial charge in [0.15, 0.2) is 0 Å². The molecule has 0 unspecified atom stereocenters. The third-order valence-corrected chi connectivity index (χ3v) is 3.54. The predicted octanol–water partition coefficient (Wildman–Crippen LogP) is -1.54. The molecule has 0 radical (unpaired) electrons. The van der Waals surface area contributed by atoms with Crippen molar-refractivity contribution in [3.05, 3.63) is 53.7 Å². The largest absolute Gasteiger partial charge is 1.00 e. The zero-order valence-corrected chi connectivity index (χ0v) is 15.9. The average Bonchev–Trinajstić information content (AvgIpc) is 2.49. The molecule has 1 amide bonds. The Balaban J connectivity index is 0.00000264. The van der Waals surface area contributed by atoms with E-state index in [9.17, 15) is 23.5 Å². The van der Waals surface area contributed by atoms with E-state index < -0.39 is 23.5 Å². The van der Waals surface area contributed by atoms with E-state index in [1.165, 1.54) is 18.3 Å². The van der Waals surface area contributed by atoms with Crippen LogP contribution in [0.1, 0.15) is 10.4 Å². The van der Waals surface area contributed by atoms with Crippen molar-refractivity contribution in [2.45, 2.75) is 5.03 Å². The van der Waals surface area contributed by atoms with Crippen LogP contribution in [0.4, 0.5) is 14.5 Å². The molecule has 9 heteroatoms. The second-order valence-electron chi connectivity index (χ2n) is 4.10. The molecule has 1 heterocycles. The van der Waals surface area contributed by atoms with Crippen LogP contribution in [-0.2, 0) is 4.79 Å². The topological polar surface area (TPSA) is 82.1 Å². The number of carbonyl (C=O) groups is 2. The molecule has 1 aromatic heterocycles. The van der Waals surface area contributed by atoms with E-state index >= 15 is 0 Å². The Kier molecular flexibility index (Phi) is 8.30. The van der Waals surface area contributed by atoms with Crippen LogP contribution in [0, 0.1) is 11.6 Å². The zero-order valence-electron chi connectivity index (χ0n) is 12.0. The van der Waals surface area contributed by atoms with Crippen LogP contribution in [0.5, 0.6) is 0 Å². The summed E-state index contributed by atoms with van der Waals surface area (Å²) in [5.74, 6) is -3.70. The molecule has 114 valence electrons. The molecule has 23 heavy (non-hydrogen) atoms. The number of aromatic carboxylic acids is 1. The third-order valence-electron chi connectivity index (χ3n) is 2.53. The van der Waals surface area contributed by atoms with Crippen molar-refractivity contribution in [3.8, 4) is 0 Å². The fourth-order valence-electron chi connectivity index (χ4n) is 1.57. The van der Waals surface area contributed by atoms with Crippen molar-refractivity contribution in [3.63, 3.8) is 0 Å². The number of nitrogens with zero attached hydrogens (tertiary/aromatic N) is 1. The summed E-state index contributed by atoms with van der Waals surface area (Å²) in [5, 5.41) is 13.2. The Bertz CT molecular complexity index is 731. The Morgan fingerprint density at radius 1 is 1.26 bits per heavy atom. The van der Waals surface area contributed by atoms with E-state index in [0.717, 1.165) is 30.0 Å². The van der Waals surface area contributed by atoms with Gasteiger partial charge in [0.2, 0.25) is 5.91 Å². The maximum absolute atomic E-state index is 13.4. The standard InChI is InChI=1S/C14H10F2N2O3S.K/c15-8-3-4-10(16)11(6-8)18-12(19)7-22-13-9(14(20)21)2-1-5-17-13;/h1-6H,7H2,(H,18,19)(H,20,21);/q;+1/p-1. The van der Waals surface area contributed by atoms with Crippen LogP contribution in [0.3, 0.4) is 0 Å². The van der Waals surface area contributed by atoms with Gasteiger partial charge in [0.25, 0.3) is 0 Å². The normalized spacial score (nSPS) is 9.83. The van der Waals surface area contributed by atoms with Gasteiger partial charge < -0.3 is 15.2 Å². The van der Waals surface area contributed by atoms with Gasteiger partial charge in [0.05, 0.1) is 17.4 Å². The molecule has 0 aliphatic rings. The molecule has 0 atom stereocenters. The minimum atomic E-state index is -1.41. The number of nitrogens with one attached hydrogen (secondary N) is 1. The predicted molar refractivity (Wildman–Crippen MR) is 74.3 cm³/mol. The van der Waals surface area contributed by atoms with Gasteiger partial charge in [-0.15, -0.1) is 0 Å². The molecule has 0 fully saturated rings. The number of carboxylic acids is 1. The maximum atomic E-state index is 13.4. The van der Waals surface area contributed by atoms with Gasteiger partial charge in [-0.2, -0.15) is 0 Å². The van der Waals surface area contributed by atoms with E-state index in [1.54, 1.807) is 0 Å². The number of thioether (sulfide) groups is 1. The fourth-order valence-corrected chi connectivity index (χ4v) is 2.36. The fraction of sp³-hybridized carbons (Fsp3) is 0.0714. The molecule has 0 bridgehead atoms. The Hall–Kier alpha value is -0.844. The SMILES string of the molecule is O=C(CSc1ncccc1C(=O)[O-])Nc1cc(F)ccc1F.[K+]. The van der Waals surface area contributed by atoms with Crippen LogP contribution >= 0.6 is 11.8 Å². The second kappa shape index (κ2) is 9.45. The van der Waals surface area contributed by atoms with Crippen molar-refractivity contribution in [2.24, 2.45) is 0 Å². The number of pyridine rings is 1. The van der Waals surface area contributed by atoms with Crippen LogP contribution in [-0.4, -0.2) is 22.6 Å². The van der Waals surface area contributed by atoms with E-state index in [-0.39, 0.29) is 73.4 Å². The number of hydrogen-bond acceptors (Lipinski definition) is 5. The molecule has 0 saturated carbocycles. The summed E-state index contributed by atoms with van der Waals surface area (Å²) in [6.45, 7) is 0.